The van der Waals surface area contributed by atoms with Gasteiger partial charge in [-0.1, -0.05) is 19.1 Å². The first-order valence-corrected chi connectivity index (χ1v) is 8.88. The van der Waals surface area contributed by atoms with E-state index in [2.05, 4.69) is 15.6 Å². The second kappa shape index (κ2) is 9.77. The molecule has 1 unspecified atom stereocenters. The van der Waals surface area contributed by atoms with Crippen LogP contribution in [0.3, 0.4) is 0 Å². The van der Waals surface area contributed by atoms with Crippen LogP contribution in [0.25, 0.3) is 0 Å². The average molecular weight is 391 g/mol. The van der Waals surface area contributed by atoms with Gasteiger partial charge in [0.25, 0.3) is 12.3 Å². The molecule has 28 heavy (non-hydrogen) atoms. The van der Waals surface area contributed by atoms with E-state index in [4.69, 9.17) is 4.74 Å². The molecule has 1 heterocycles. The van der Waals surface area contributed by atoms with Crippen LogP contribution in [-0.2, 0) is 4.79 Å². The number of rotatable bonds is 8. The van der Waals surface area contributed by atoms with E-state index in [9.17, 15) is 18.4 Å². The number of hydrogen-bond donors (Lipinski definition) is 2. The Hall–Kier alpha value is -3.03. The van der Waals surface area contributed by atoms with E-state index in [1.165, 1.54) is 12.3 Å². The summed E-state index contributed by atoms with van der Waals surface area (Å²) >= 11 is 0. The minimum absolute atomic E-state index is 0.192. The molecule has 1 atom stereocenters. The fourth-order valence-electron chi connectivity index (χ4n) is 2.49. The number of halogens is 2. The number of anilines is 1. The van der Waals surface area contributed by atoms with Crippen molar-refractivity contribution in [1.29, 1.82) is 0 Å². The van der Waals surface area contributed by atoms with E-state index < -0.39 is 13.0 Å². The van der Waals surface area contributed by atoms with Gasteiger partial charge in [0.1, 0.15) is 18.2 Å². The Bertz CT molecular complexity index is 843. The monoisotopic (exact) mass is 391 g/mol. The molecule has 0 fully saturated rings. The molecule has 0 spiro atoms. The molecular weight excluding hydrogens is 368 g/mol. The predicted octanol–water partition coefficient (Wildman–Crippen LogP) is 3.87. The molecule has 0 aliphatic carbocycles. The minimum atomic E-state index is -2.54. The number of alkyl halides is 2. The van der Waals surface area contributed by atoms with Gasteiger partial charge in [0.05, 0.1) is 6.04 Å². The van der Waals surface area contributed by atoms with Gasteiger partial charge >= 0.3 is 0 Å². The maximum Gasteiger partial charge on any atom is 0.272 e. The van der Waals surface area contributed by atoms with Gasteiger partial charge in [-0.05, 0) is 43.2 Å². The van der Waals surface area contributed by atoms with Gasteiger partial charge in [-0.15, -0.1) is 0 Å². The van der Waals surface area contributed by atoms with Crippen molar-refractivity contribution in [3.63, 3.8) is 0 Å². The van der Waals surface area contributed by atoms with Crippen molar-refractivity contribution >= 4 is 17.6 Å². The summed E-state index contributed by atoms with van der Waals surface area (Å²) < 4.78 is 29.6. The Morgan fingerprint density at radius 2 is 1.96 bits per heavy atom. The van der Waals surface area contributed by atoms with E-state index in [0.717, 1.165) is 5.56 Å². The topological polar surface area (TPSA) is 80.3 Å². The van der Waals surface area contributed by atoms with Crippen LogP contribution in [-0.4, -0.2) is 29.8 Å². The first-order valence-electron chi connectivity index (χ1n) is 8.88. The molecule has 0 radical (unpaired) electrons. The van der Waals surface area contributed by atoms with Crippen molar-refractivity contribution < 1.29 is 23.1 Å². The molecule has 2 rings (SSSR count). The first-order chi connectivity index (χ1) is 13.3. The van der Waals surface area contributed by atoms with Crippen LogP contribution in [0, 0.1) is 6.92 Å². The molecule has 0 bridgehead atoms. The maximum atomic E-state index is 12.5. The van der Waals surface area contributed by atoms with Gasteiger partial charge in [0.15, 0.2) is 0 Å². The van der Waals surface area contributed by atoms with Crippen molar-refractivity contribution in [3.05, 3.63) is 53.2 Å². The van der Waals surface area contributed by atoms with Crippen LogP contribution >= 0.6 is 0 Å². The molecular formula is C20H23F2N3O3. The molecule has 2 amide bonds. The smallest absolute Gasteiger partial charge is 0.272 e. The summed E-state index contributed by atoms with van der Waals surface area (Å²) in [5.74, 6) is 0.178. The number of nitrogens with one attached hydrogen (secondary N) is 2. The zero-order valence-electron chi connectivity index (χ0n) is 16.0. The van der Waals surface area contributed by atoms with Crippen LogP contribution in [0.2, 0.25) is 0 Å². The number of ether oxygens (including phenoxy) is 1. The van der Waals surface area contributed by atoms with Gasteiger partial charge in [0.2, 0.25) is 5.91 Å². The van der Waals surface area contributed by atoms with Gasteiger partial charge in [-0.3, -0.25) is 9.59 Å². The van der Waals surface area contributed by atoms with E-state index in [-0.39, 0.29) is 17.9 Å². The molecule has 0 aliphatic rings. The van der Waals surface area contributed by atoms with Crippen molar-refractivity contribution in [3.8, 4) is 5.75 Å². The fourth-order valence-corrected chi connectivity index (χ4v) is 2.49. The number of hydrogen-bond acceptors (Lipinski definition) is 4. The lowest BCUT2D eigenvalue weighted by molar-refractivity contribution is -0.115. The lowest BCUT2D eigenvalue weighted by Crippen LogP contribution is -2.27. The summed E-state index contributed by atoms with van der Waals surface area (Å²) in [5.41, 5.74) is 1.87. The number of nitrogens with zero attached hydrogens (tertiary/aromatic N) is 1. The van der Waals surface area contributed by atoms with Gasteiger partial charge in [-0.2, -0.15) is 0 Å². The summed E-state index contributed by atoms with van der Waals surface area (Å²) in [7, 11) is 0. The first kappa shape index (κ1) is 21.3. The number of benzene rings is 1. The normalized spacial score (nSPS) is 11.8. The number of pyridine rings is 1. The summed E-state index contributed by atoms with van der Waals surface area (Å²) in [4.78, 5) is 28.0. The summed E-state index contributed by atoms with van der Waals surface area (Å²) in [6.07, 6.45) is -0.778. The fraction of sp³-hybridized carbons (Fsp3) is 0.350. The predicted molar refractivity (Wildman–Crippen MR) is 102 cm³/mol. The van der Waals surface area contributed by atoms with Crippen molar-refractivity contribution in [2.24, 2.45) is 0 Å². The number of carbonyl (C=O) groups is 2. The Labute approximate surface area is 162 Å². The molecule has 150 valence electrons. The van der Waals surface area contributed by atoms with Crippen LogP contribution in [0.15, 0.2) is 36.5 Å². The van der Waals surface area contributed by atoms with Crippen molar-refractivity contribution in [2.75, 3.05) is 11.9 Å². The van der Waals surface area contributed by atoms with E-state index in [1.807, 2.05) is 6.92 Å². The van der Waals surface area contributed by atoms with Crippen LogP contribution in [0.5, 0.6) is 5.75 Å². The second-order valence-electron chi connectivity index (χ2n) is 6.25. The summed E-state index contributed by atoms with van der Waals surface area (Å²) in [6, 6.07) is 7.85. The molecule has 0 saturated carbocycles. The summed E-state index contributed by atoms with van der Waals surface area (Å²) in [5, 5.41) is 5.47. The SMILES string of the molecule is CCC(=O)Nc1cc(C(=O)NC(C)c2ccc(OCC(F)F)c(C)c2)ccn1. The van der Waals surface area contributed by atoms with Gasteiger partial charge < -0.3 is 15.4 Å². The largest absolute Gasteiger partial charge is 0.487 e. The zero-order valence-corrected chi connectivity index (χ0v) is 16.0. The highest BCUT2D eigenvalue weighted by Crippen LogP contribution is 2.23. The molecule has 0 aliphatic heterocycles. The molecule has 1 aromatic heterocycles. The molecule has 6 nitrogen and oxygen atoms in total. The number of aromatic nitrogens is 1. The average Bonchev–Trinajstić information content (AvgIpc) is 2.66. The molecule has 8 heteroatoms. The molecule has 0 saturated heterocycles. The highest BCUT2D eigenvalue weighted by molar-refractivity contribution is 5.96. The Kier molecular flexibility index (Phi) is 7.43. The summed E-state index contributed by atoms with van der Waals surface area (Å²) in [6.45, 7) is 4.63. The van der Waals surface area contributed by atoms with Gasteiger partial charge in [0, 0.05) is 18.2 Å². The lowest BCUT2D eigenvalue weighted by atomic mass is 10.0. The van der Waals surface area contributed by atoms with Crippen molar-refractivity contribution in [1.82, 2.24) is 10.3 Å². The highest BCUT2D eigenvalue weighted by Gasteiger charge is 2.14. The third-order valence-electron chi connectivity index (χ3n) is 4.02. The van der Waals surface area contributed by atoms with E-state index in [1.54, 1.807) is 38.1 Å². The maximum absolute atomic E-state index is 12.5. The highest BCUT2D eigenvalue weighted by atomic mass is 19.3. The van der Waals surface area contributed by atoms with Crippen molar-refractivity contribution in [2.45, 2.75) is 39.7 Å². The third-order valence-corrected chi connectivity index (χ3v) is 4.02. The third kappa shape index (κ3) is 6.00. The minimum Gasteiger partial charge on any atom is -0.487 e. The second-order valence-corrected chi connectivity index (χ2v) is 6.25. The van der Waals surface area contributed by atoms with Crippen LogP contribution in [0.1, 0.15) is 47.8 Å². The molecule has 2 aromatic rings. The van der Waals surface area contributed by atoms with E-state index >= 15 is 0 Å². The number of carbonyl (C=O) groups excluding carboxylic acids is 2. The van der Waals surface area contributed by atoms with Gasteiger partial charge in [-0.25, -0.2) is 13.8 Å². The standard InChI is InChI=1S/C20H23F2N3O3/c1-4-19(26)25-18-10-15(7-8-23-18)20(27)24-13(3)14-5-6-16(12(2)9-14)28-11-17(21)22/h5-10,13,17H,4,11H2,1-3H3,(H,24,27)(H,23,25,26). The van der Waals surface area contributed by atoms with Crippen LogP contribution < -0.4 is 15.4 Å². The lowest BCUT2D eigenvalue weighted by Gasteiger charge is -2.17. The Morgan fingerprint density at radius 1 is 1.21 bits per heavy atom. The Balaban J connectivity index is 2.05. The Morgan fingerprint density at radius 3 is 2.61 bits per heavy atom. The number of aryl methyl sites for hydroxylation is 1. The molecule has 1 aromatic carbocycles. The quantitative estimate of drug-likeness (QED) is 0.716. The number of amides is 2. The van der Waals surface area contributed by atoms with E-state index in [0.29, 0.717) is 29.1 Å². The van der Waals surface area contributed by atoms with Crippen LogP contribution in [0.4, 0.5) is 14.6 Å². The molecule has 2 N–H and O–H groups in total. The zero-order chi connectivity index (χ0) is 20.7.